The number of ether oxygens (including phenoxy) is 1. The molecule has 1 unspecified atom stereocenters. The van der Waals surface area contributed by atoms with Crippen molar-refractivity contribution in [2.24, 2.45) is 11.8 Å². The maximum Gasteiger partial charge on any atom is 0.227 e. The molecule has 0 aliphatic carbocycles. The fraction of sp³-hybridized carbons (Fsp3) is 0.786. The Bertz CT molecular complexity index is 857. The van der Waals surface area contributed by atoms with E-state index in [-0.39, 0.29) is 11.3 Å². The fourth-order valence-corrected chi connectivity index (χ4v) is 5.11. The molecule has 0 radical (unpaired) electrons. The average Bonchev–Trinajstić information content (AvgIpc) is 2.90. The van der Waals surface area contributed by atoms with E-state index in [1.807, 2.05) is 16.7 Å². The molecule has 1 aromatic heterocycles. The Morgan fingerprint density at radius 1 is 1.32 bits per heavy atom. The summed E-state index contributed by atoms with van der Waals surface area (Å²) in [5.41, 5.74) is 0.403. The van der Waals surface area contributed by atoms with Crippen LogP contribution in [-0.4, -0.2) is 109 Å². The molecule has 0 bridgehead atoms. The Balaban J connectivity index is 0.000000269. The van der Waals surface area contributed by atoms with Crippen molar-refractivity contribution in [3.8, 4) is 0 Å². The molecule has 1 amide bonds. The standard InChI is InChI=1S/C15H29N3O2.C13H21N3OS/c1-12(2)11-17(3)14-8-13(9-16-10-14)15(19)18-4-6-20-7-5-18;1-5-18-7-6-14-11-10(9-17)8-15-12(16-11)13(2,3)4/h12-14,16H,4-11H2,1-3H3;8-9H,5-7H2,1-4H3,(H,14,15,16)/t13-,14?;/m1./s1. The zero-order valence-electron chi connectivity index (χ0n) is 24.6. The molecule has 3 rings (SSSR count). The van der Waals surface area contributed by atoms with Crippen molar-refractivity contribution in [3.05, 3.63) is 17.6 Å². The summed E-state index contributed by atoms with van der Waals surface area (Å²) in [5, 5.41) is 6.65. The highest BCUT2D eigenvalue weighted by Crippen LogP contribution is 2.21. The number of piperidine rings is 1. The van der Waals surface area contributed by atoms with Gasteiger partial charge in [0.25, 0.3) is 0 Å². The van der Waals surface area contributed by atoms with Gasteiger partial charge in [-0.1, -0.05) is 41.5 Å². The molecule has 0 aromatic carbocycles. The van der Waals surface area contributed by atoms with Gasteiger partial charge in [0.2, 0.25) is 5.91 Å². The summed E-state index contributed by atoms with van der Waals surface area (Å²) in [6.07, 6.45) is 3.37. The molecule has 0 saturated carbocycles. The molecule has 38 heavy (non-hydrogen) atoms. The zero-order chi connectivity index (χ0) is 28.1. The van der Waals surface area contributed by atoms with E-state index in [9.17, 15) is 9.59 Å². The van der Waals surface area contributed by atoms with Crippen molar-refractivity contribution in [1.29, 1.82) is 0 Å². The van der Waals surface area contributed by atoms with Crippen molar-refractivity contribution < 1.29 is 14.3 Å². The molecule has 2 N–H and O–H groups in total. The highest BCUT2D eigenvalue weighted by Gasteiger charge is 2.32. The minimum Gasteiger partial charge on any atom is -0.378 e. The number of aldehydes is 1. The van der Waals surface area contributed by atoms with E-state index in [4.69, 9.17) is 4.74 Å². The number of carbonyl (C=O) groups excluding carboxylic acids is 2. The van der Waals surface area contributed by atoms with Crippen LogP contribution in [0.15, 0.2) is 6.20 Å². The molecule has 2 atom stereocenters. The van der Waals surface area contributed by atoms with Gasteiger partial charge in [-0.25, -0.2) is 9.97 Å². The van der Waals surface area contributed by atoms with E-state index >= 15 is 0 Å². The third kappa shape index (κ3) is 10.8. The summed E-state index contributed by atoms with van der Waals surface area (Å²) in [4.78, 5) is 36.6. The number of hydrogen-bond donors (Lipinski definition) is 2. The van der Waals surface area contributed by atoms with Crippen LogP contribution >= 0.6 is 11.8 Å². The molecule has 2 fully saturated rings. The number of thioether (sulfide) groups is 1. The Labute approximate surface area is 234 Å². The predicted molar refractivity (Wildman–Crippen MR) is 157 cm³/mol. The van der Waals surface area contributed by atoms with Gasteiger partial charge in [-0.2, -0.15) is 11.8 Å². The van der Waals surface area contributed by atoms with E-state index < -0.39 is 0 Å². The van der Waals surface area contributed by atoms with Crippen molar-refractivity contribution in [2.45, 2.75) is 59.4 Å². The molecule has 9 nitrogen and oxygen atoms in total. The SMILES string of the molecule is CC(C)CN(C)C1CNC[C@H](C(=O)N2CCOCC2)C1.CCSCCNc1nc(C(C)(C)C)ncc1C=O. The van der Waals surface area contributed by atoms with Crippen LogP contribution in [0, 0.1) is 11.8 Å². The normalized spacial score (nSPS) is 20.2. The second kappa shape index (κ2) is 16.4. The number of anilines is 1. The summed E-state index contributed by atoms with van der Waals surface area (Å²) in [6, 6.07) is 0.473. The lowest BCUT2D eigenvalue weighted by Crippen LogP contribution is -2.53. The van der Waals surface area contributed by atoms with Gasteiger partial charge in [-0.3, -0.25) is 9.59 Å². The van der Waals surface area contributed by atoms with Crippen LogP contribution in [0.4, 0.5) is 5.82 Å². The van der Waals surface area contributed by atoms with Gasteiger partial charge in [-0.05, 0) is 25.1 Å². The van der Waals surface area contributed by atoms with Gasteiger partial charge in [-0.15, -0.1) is 0 Å². The quantitative estimate of drug-likeness (QED) is 0.336. The maximum atomic E-state index is 12.6. The number of likely N-dealkylation sites (N-methyl/N-ethyl adjacent to an activating group) is 1. The lowest BCUT2D eigenvalue weighted by molar-refractivity contribution is -0.140. The average molecular weight is 551 g/mol. The summed E-state index contributed by atoms with van der Waals surface area (Å²) in [5.74, 6) is 4.59. The van der Waals surface area contributed by atoms with E-state index in [1.165, 1.54) is 0 Å². The van der Waals surface area contributed by atoms with E-state index in [0.29, 0.717) is 42.5 Å². The van der Waals surface area contributed by atoms with Crippen molar-refractivity contribution in [1.82, 2.24) is 25.1 Å². The fourth-order valence-electron chi connectivity index (χ4n) is 4.58. The first-order chi connectivity index (χ1) is 18.1. The van der Waals surface area contributed by atoms with Crippen LogP contribution in [0.25, 0.3) is 0 Å². The molecular formula is C28H50N6O3S. The van der Waals surface area contributed by atoms with Crippen molar-refractivity contribution in [3.63, 3.8) is 0 Å². The third-order valence-corrected chi connectivity index (χ3v) is 7.53. The Morgan fingerprint density at radius 3 is 2.63 bits per heavy atom. The van der Waals surface area contributed by atoms with E-state index in [2.05, 4.69) is 74.1 Å². The summed E-state index contributed by atoms with van der Waals surface area (Å²) in [7, 11) is 2.17. The molecule has 1 aromatic rings. The van der Waals surface area contributed by atoms with E-state index in [1.54, 1.807) is 6.20 Å². The predicted octanol–water partition coefficient (Wildman–Crippen LogP) is 3.16. The molecule has 3 heterocycles. The molecule has 2 saturated heterocycles. The van der Waals surface area contributed by atoms with Crippen LogP contribution in [0.5, 0.6) is 0 Å². The van der Waals surface area contributed by atoms with Crippen LogP contribution < -0.4 is 10.6 Å². The number of morpholine rings is 1. The Hall–Kier alpha value is -1.75. The van der Waals surface area contributed by atoms with Gasteiger partial charge in [0, 0.05) is 62.7 Å². The lowest BCUT2D eigenvalue weighted by atomic mass is 9.93. The number of rotatable bonds is 10. The first-order valence-electron chi connectivity index (χ1n) is 14.0. The molecule has 216 valence electrons. The highest BCUT2D eigenvalue weighted by molar-refractivity contribution is 7.99. The molecular weight excluding hydrogens is 500 g/mol. The Morgan fingerprint density at radius 2 is 2.03 bits per heavy atom. The van der Waals surface area contributed by atoms with Gasteiger partial charge in [0.15, 0.2) is 6.29 Å². The summed E-state index contributed by atoms with van der Waals surface area (Å²) >= 11 is 1.86. The van der Waals surface area contributed by atoms with Crippen molar-refractivity contribution >= 4 is 29.8 Å². The number of hydrogen-bond acceptors (Lipinski definition) is 9. The molecule has 0 spiro atoms. The minimum absolute atomic E-state index is 0.115. The van der Waals surface area contributed by atoms with Crippen LogP contribution in [0.2, 0.25) is 0 Å². The minimum atomic E-state index is -0.115. The highest BCUT2D eigenvalue weighted by atomic mass is 32.2. The van der Waals surface area contributed by atoms with Gasteiger partial charge in [0.1, 0.15) is 11.6 Å². The third-order valence-electron chi connectivity index (χ3n) is 6.63. The largest absolute Gasteiger partial charge is 0.378 e. The first-order valence-corrected chi connectivity index (χ1v) is 15.1. The first kappa shape index (κ1) is 32.5. The molecule has 2 aliphatic heterocycles. The summed E-state index contributed by atoms with van der Waals surface area (Å²) < 4.78 is 5.32. The smallest absolute Gasteiger partial charge is 0.227 e. The van der Waals surface area contributed by atoms with E-state index in [0.717, 1.165) is 69.3 Å². The molecule has 2 aliphatic rings. The van der Waals surface area contributed by atoms with Crippen LogP contribution in [0.3, 0.4) is 0 Å². The van der Waals surface area contributed by atoms with Crippen molar-refractivity contribution in [2.75, 3.05) is 76.4 Å². The zero-order valence-corrected chi connectivity index (χ0v) is 25.4. The monoisotopic (exact) mass is 550 g/mol. The second-order valence-corrected chi connectivity index (χ2v) is 12.9. The summed E-state index contributed by atoms with van der Waals surface area (Å²) in [6.45, 7) is 19.4. The van der Waals surface area contributed by atoms with Gasteiger partial charge in [0.05, 0.1) is 24.7 Å². The number of nitrogens with one attached hydrogen (secondary N) is 2. The van der Waals surface area contributed by atoms with Crippen LogP contribution in [-0.2, 0) is 14.9 Å². The lowest BCUT2D eigenvalue weighted by Gasteiger charge is -2.38. The number of amides is 1. The number of carbonyl (C=O) groups is 2. The topological polar surface area (TPSA) is 99.7 Å². The van der Waals surface area contributed by atoms with Crippen LogP contribution in [0.1, 0.15) is 64.1 Å². The maximum absolute atomic E-state index is 12.6. The number of aromatic nitrogens is 2. The molecule has 10 heteroatoms. The second-order valence-electron chi connectivity index (χ2n) is 11.5. The number of nitrogens with zero attached hydrogens (tertiary/aromatic N) is 4. The van der Waals surface area contributed by atoms with Gasteiger partial charge >= 0.3 is 0 Å². The Kier molecular flexibility index (Phi) is 14.0. The van der Waals surface area contributed by atoms with Gasteiger partial charge < -0.3 is 25.2 Å².